The van der Waals surface area contributed by atoms with Crippen LogP contribution in [0.1, 0.15) is 0 Å². The Morgan fingerprint density at radius 3 is 2.59 bits per heavy atom. The molecule has 11 heteroatoms. The van der Waals surface area contributed by atoms with Crippen molar-refractivity contribution in [1.82, 2.24) is 20.2 Å². The number of benzene rings is 1. The molecule has 32 heavy (non-hydrogen) atoms. The number of carbonyl (C=O) groups is 1. The number of amides is 2. The van der Waals surface area contributed by atoms with Crippen LogP contribution in [0.4, 0.5) is 16.4 Å². The van der Waals surface area contributed by atoms with Gasteiger partial charge in [-0.05, 0) is 24.3 Å². The van der Waals surface area contributed by atoms with Crippen LogP contribution >= 0.6 is 11.6 Å². The van der Waals surface area contributed by atoms with E-state index in [9.17, 15) is 15.0 Å². The molecule has 0 unspecified atom stereocenters. The smallest absolute Gasteiger partial charge is 0.319 e. The minimum absolute atomic E-state index is 0.187. The van der Waals surface area contributed by atoms with Crippen molar-refractivity contribution in [3.8, 4) is 0 Å². The van der Waals surface area contributed by atoms with Gasteiger partial charge in [0.15, 0.2) is 0 Å². The second-order valence-corrected chi connectivity index (χ2v) is 8.23. The molecule has 1 aromatic heterocycles. The van der Waals surface area contributed by atoms with Crippen molar-refractivity contribution in [2.75, 3.05) is 49.5 Å². The summed E-state index contributed by atoms with van der Waals surface area (Å²) in [5, 5.41) is 26.4. The first kappa shape index (κ1) is 22.7. The van der Waals surface area contributed by atoms with Crippen molar-refractivity contribution in [2.24, 2.45) is 0 Å². The fourth-order valence-corrected chi connectivity index (χ4v) is 4.40. The lowest BCUT2D eigenvalue weighted by Gasteiger charge is -2.40. The molecule has 2 aliphatic heterocycles. The summed E-state index contributed by atoms with van der Waals surface area (Å²) >= 11 is 5.95. The number of nitrogens with one attached hydrogen (secondary N) is 2. The van der Waals surface area contributed by atoms with E-state index < -0.39 is 24.3 Å². The molecule has 0 saturated carbocycles. The molecule has 0 spiro atoms. The molecule has 1 aromatic carbocycles. The van der Waals surface area contributed by atoms with Crippen LogP contribution in [0.2, 0.25) is 5.02 Å². The summed E-state index contributed by atoms with van der Waals surface area (Å²) in [4.78, 5) is 25.2. The van der Waals surface area contributed by atoms with E-state index in [1.165, 1.54) is 0 Å². The number of anilines is 2. The number of nitrogens with zero attached hydrogens (tertiary/aromatic N) is 4. The first-order valence-electron chi connectivity index (χ1n) is 10.6. The Labute approximate surface area is 191 Å². The third-order valence-electron chi connectivity index (χ3n) is 5.76. The van der Waals surface area contributed by atoms with Crippen molar-refractivity contribution in [3.63, 3.8) is 0 Å². The Morgan fingerprint density at radius 2 is 1.91 bits per heavy atom. The van der Waals surface area contributed by atoms with Gasteiger partial charge in [-0.1, -0.05) is 17.7 Å². The third-order valence-corrected chi connectivity index (χ3v) is 5.99. The highest BCUT2D eigenvalue weighted by atomic mass is 35.5. The SMILES string of the molecule is O=C(NC[C@@H]1O[C@@H](CO)[C@@H](O)[C@H]1N1CCN(c2ncccn2)CC1)Nc1cccc(Cl)c1. The van der Waals surface area contributed by atoms with Crippen LogP contribution in [0.15, 0.2) is 42.7 Å². The maximum absolute atomic E-state index is 12.3. The summed E-state index contributed by atoms with van der Waals surface area (Å²) in [7, 11) is 0. The van der Waals surface area contributed by atoms with Gasteiger partial charge in [-0.2, -0.15) is 0 Å². The summed E-state index contributed by atoms with van der Waals surface area (Å²) < 4.78 is 5.88. The van der Waals surface area contributed by atoms with Crippen LogP contribution in [0.25, 0.3) is 0 Å². The zero-order valence-corrected chi connectivity index (χ0v) is 18.2. The van der Waals surface area contributed by atoms with Crippen molar-refractivity contribution in [3.05, 3.63) is 47.7 Å². The fourth-order valence-electron chi connectivity index (χ4n) is 4.21. The number of hydrogen-bond acceptors (Lipinski definition) is 8. The second-order valence-electron chi connectivity index (χ2n) is 7.79. The highest BCUT2D eigenvalue weighted by Crippen LogP contribution is 2.27. The lowest BCUT2D eigenvalue weighted by atomic mass is 10.0. The summed E-state index contributed by atoms with van der Waals surface area (Å²) in [6, 6.07) is 7.89. The van der Waals surface area contributed by atoms with Gasteiger partial charge in [0.2, 0.25) is 5.95 Å². The number of aliphatic hydroxyl groups is 2. The van der Waals surface area contributed by atoms with Gasteiger partial charge in [0.1, 0.15) is 12.2 Å². The second kappa shape index (κ2) is 10.4. The molecule has 4 rings (SSSR count). The van der Waals surface area contributed by atoms with Gasteiger partial charge in [-0.25, -0.2) is 14.8 Å². The van der Waals surface area contributed by atoms with E-state index in [2.05, 4.69) is 30.4 Å². The summed E-state index contributed by atoms with van der Waals surface area (Å²) in [5.41, 5.74) is 0.575. The number of ether oxygens (including phenoxy) is 1. The molecule has 172 valence electrons. The minimum Gasteiger partial charge on any atom is -0.394 e. The van der Waals surface area contributed by atoms with Crippen molar-refractivity contribution in [2.45, 2.75) is 24.4 Å². The molecule has 3 heterocycles. The first-order chi connectivity index (χ1) is 15.5. The maximum Gasteiger partial charge on any atom is 0.319 e. The van der Waals surface area contributed by atoms with E-state index in [1.807, 2.05) is 0 Å². The van der Waals surface area contributed by atoms with Gasteiger partial charge in [0.05, 0.1) is 18.8 Å². The molecule has 2 fully saturated rings. The quantitative estimate of drug-likeness (QED) is 0.491. The Hall–Kier alpha value is -2.50. The van der Waals surface area contributed by atoms with E-state index in [-0.39, 0.29) is 19.2 Å². The van der Waals surface area contributed by atoms with Gasteiger partial charge < -0.3 is 30.5 Å². The van der Waals surface area contributed by atoms with Gasteiger partial charge in [-0.15, -0.1) is 0 Å². The van der Waals surface area contributed by atoms with Crippen LogP contribution < -0.4 is 15.5 Å². The van der Waals surface area contributed by atoms with Crippen LogP contribution in [0.5, 0.6) is 0 Å². The van der Waals surface area contributed by atoms with Gasteiger partial charge >= 0.3 is 6.03 Å². The fraction of sp³-hybridized carbons (Fsp3) is 0.476. The number of aliphatic hydroxyl groups excluding tert-OH is 2. The van der Waals surface area contributed by atoms with Crippen LogP contribution in [-0.2, 0) is 4.74 Å². The monoisotopic (exact) mass is 462 g/mol. The number of urea groups is 1. The normalized spacial score (nSPS) is 26.2. The molecule has 0 aliphatic carbocycles. The Bertz CT molecular complexity index is 899. The largest absolute Gasteiger partial charge is 0.394 e. The molecule has 4 atom stereocenters. The highest BCUT2D eigenvalue weighted by molar-refractivity contribution is 6.30. The minimum atomic E-state index is -0.859. The molecule has 2 aliphatic rings. The van der Waals surface area contributed by atoms with Crippen molar-refractivity contribution >= 4 is 29.3 Å². The van der Waals surface area contributed by atoms with Crippen LogP contribution in [-0.4, -0.2) is 94.8 Å². The first-order valence-corrected chi connectivity index (χ1v) is 10.9. The van der Waals surface area contributed by atoms with Gasteiger partial charge in [0.25, 0.3) is 0 Å². The predicted molar refractivity (Wildman–Crippen MR) is 120 cm³/mol. The van der Waals surface area contributed by atoms with E-state index in [0.29, 0.717) is 42.8 Å². The number of hydrogen-bond donors (Lipinski definition) is 4. The molecule has 10 nitrogen and oxygen atoms in total. The van der Waals surface area contributed by atoms with E-state index in [1.54, 1.807) is 42.7 Å². The molecule has 4 N–H and O–H groups in total. The van der Waals surface area contributed by atoms with Gasteiger partial charge in [0, 0.05) is 55.8 Å². The number of piperazine rings is 1. The maximum atomic E-state index is 12.3. The average molecular weight is 463 g/mol. The molecule has 2 saturated heterocycles. The molecule has 2 amide bonds. The topological polar surface area (TPSA) is 123 Å². The lowest BCUT2D eigenvalue weighted by Crippen LogP contribution is -2.57. The van der Waals surface area contributed by atoms with Crippen LogP contribution in [0.3, 0.4) is 0 Å². The predicted octanol–water partition coefficient (Wildman–Crippen LogP) is 0.563. The van der Waals surface area contributed by atoms with E-state index >= 15 is 0 Å². The summed E-state index contributed by atoms with van der Waals surface area (Å²) in [6.07, 6.45) is 1.41. The summed E-state index contributed by atoms with van der Waals surface area (Å²) in [5.74, 6) is 0.680. The third kappa shape index (κ3) is 5.28. The van der Waals surface area contributed by atoms with Crippen molar-refractivity contribution < 1.29 is 19.7 Å². The zero-order chi connectivity index (χ0) is 22.5. The molecular weight excluding hydrogens is 436 g/mol. The standard InChI is InChI=1S/C21H27ClN6O4/c22-14-3-1-4-15(11-14)26-21(31)25-12-16-18(19(30)17(13-29)32-16)27-7-9-28(10-8-27)20-23-5-2-6-24-20/h1-6,11,16-19,29-30H,7-10,12-13H2,(H2,25,26,31)/t16-,17-,18-,19+/m0/s1. The number of halogens is 1. The summed E-state index contributed by atoms with van der Waals surface area (Å²) in [6.45, 7) is 2.64. The number of rotatable bonds is 6. The average Bonchev–Trinajstić information content (AvgIpc) is 3.13. The number of aromatic nitrogens is 2. The van der Waals surface area contributed by atoms with Gasteiger partial charge in [-0.3, -0.25) is 4.90 Å². The zero-order valence-electron chi connectivity index (χ0n) is 17.5. The molecular formula is C21H27ClN6O4. The van der Waals surface area contributed by atoms with E-state index in [0.717, 1.165) is 0 Å². The Kier molecular flexibility index (Phi) is 7.38. The number of carbonyl (C=O) groups excluding carboxylic acids is 1. The lowest BCUT2D eigenvalue weighted by molar-refractivity contribution is -0.0205. The Balaban J connectivity index is 1.35. The Morgan fingerprint density at radius 1 is 1.16 bits per heavy atom. The molecule has 0 radical (unpaired) electrons. The van der Waals surface area contributed by atoms with E-state index in [4.69, 9.17) is 16.3 Å². The van der Waals surface area contributed by atoms with Crippen LogP contribution in [0, 0.1) is 0 Å². The highest BCUT2D eigenvalue weighted by Gasteiger charge is 2.46. The molecule has 2 aromatic rings. The van der Waals surface area contributed by atoms with Crippen molar-refractivity contribution in [1.29, 1.82) is 0 Å². The molecule has 0 bridgehead atoms.